The predicted octanol–water partition coefficient (Wildman–Crippen LogP) is 7.99. The number of hydrogen-bond acceptors (Lipinski definition) is 10. The first-order valence-electron chi connectivity index (χ1n) is 25.2. The Morgan fingerprint density at radius 2 is 1.62 bits per heavy atom. The highest BCUT2D eigenvalue weighted by atomic mass is 31.1. The van der Waals surface area contributed by atoms with Crippen LogP contribution in [0.25, 0.3) is 34.2 Å². The van der Waals surface area contributed by atoms with Crippen molar-refractivity contribution in [1.82, 2.24) is 30.0 Å². The van der Waals surface area contributed by atoms with Gasteiger partial charge in [-0.05, 0) is 92.9 Å². The summed E-state index contributed by atoms with van der Waals surface area (Å²) in [5.74, 6) is -0.411. The number of hydrogen-bond donors (Lipinski definition) is 2. The molecule has 3 aliphatic rings. The van der Waals surface area contributed by atoms with Gasteiger partial charge in [-0.1, -0.05) is 71.9 Å². The van der Waals surface area contributed by atoms with Gasteiger partial charge in [-0.2, -0.15) is 0 Å². The van der Waals surface area contributed by atoms with Crippen molar-refractivity contribution in [2.75, 3.05) is 66.2 Å². The highest BCUT2D eigenvalue weighted by Gasteiger charge is 2.42. The number of ether oxygens (including phenoxy) is 3. The summed E-state index contributed by atoms with van der Waals surface area (Å²) in [5.41, 5.74) is 4.62. The van der Waals surface area contributed by atoms with E-state index in [4.69, 9.17) is 14.2 Å². The molecule has 3 amide bonds. The highest BCUT2D eigenvalue weighted by molar-refractivity contribution is 7.37. The van der Waals surface area contributed by atoms with Crippen molar-refractivity contribution in [3.05, 3.63) is 89.1 Å². The molecule has 14 heteroatoms. The summed E-state index contributed by atoms with van der Waals surface area (Å²) in [6.07, 6.45) is 16.1. The SMILES string of the molecule is C=C/C=c1/[nH]c2cc(-c3ccc(OC4CC(OCCN5CCN(CCCCCOc6ccc7c(c6)C(=O)N(C(CCC=O)C(=O)NC)C7=O)CC5)C4)nc3)ccc2/c1=C/CCC.CC.CPC(C)C. The second-order valence-corrected chi connectivity index (χ2v) is 19.5. The number of rotatable bonds is 23. The summed E-state index contributed by atoms with van der Waals surface area (Å²) in [6, 6.07) is 14.4. The average Bonchev–Trinajstić information content (AvgIpc) is 3.83. The lowest BCUT2D eigenvalue weighted by molar-refractivity contribution is -0.124. The predicted molar refractivity (Wildman–Crippen MR) is 281 cm³/mol. The lowest BCUT2D eigenvalue weighted by atomic mass is 9.92. The van der Waals surface area contributed by atoms with E-state index < -0.39 is 23.8 Å². The number of carbonyl (C=O) groups excluding carboxylic acids is 4. The summed E-state index contributed by atoms with van der Waals surface area (Å²) < 4.78 is 18.3. The average molecular weight is 965 g/mol. The van der Waals surface area contributed by atoms with Crippen LogP contribution >= 0.6 is 8.58 Å². The topological polar surface area (TPSA) is 146 Å². The number of aromatic nitrogens is 2. The van der Waals surface area contributed by atoms with Gasteiger partial charge < -0.3 is 34.2 Å². The normalized spacial score (nSPS) is 18.1. The molecule has 0 radical (unpaired) electrons. The van der Waals surface area contributed by atoms with Crippen LogP contribution in [0, 0.1) is 0 Å². The van der Waals surface area contributed by atoms with Crippen LogP contribution in [0.2, 0.25) is 0 Å². The molecule has 4 heterocycles. The molecule has 2 unspecified atom stereocenters. The molecule has 1 aliphatic carbocycles. The second kappa shape index (κ2) is 28.5. The number of unbranched alkanes of at least 4 members (excludes halogenated alkanes) is 3. The van der Waals surface area contributed by atoms with Crippen molar-refractivity contribution in [2.45, 2.75) is 116 Å². The zero-order chi connectivity index (χ0) is 49.7. The highest BCUT2D eigenvalue weighted by Crippen LogP contribution is 2.31. The zero-order valence-corrected chi connectivity index (χ0v) is 43.2. The molecule has 7 rings (SSSR count). The van der Waals surface area contributed by atoms with Crippen LogP contribution in [0.5, 0.6) is 11.6 Å². The zero-order valence-electron chi connectivity index (χ0n) is 42.2. The molecule has 1 saturated carbocycles. The van der Waals surface area contributed by atoms with E-state index in [-0.39, 0.29) is 36.2 Å². The van der Waals surface area contributed by atoms with Gasteiger partial charge in [0, 0.05) is 98.3 Å². The quantitative estimate of drug-likeness (QED) is 0.0325. The Hall–Kier alpha value is -5.20. The standard InChI is InChI=1S/C49H60N6O7.C4H11P.C2H6/c1-4-6-12-39-40-17-14-34(29-44(40)52-43(39)11-5-2)35-15-19-46(51-33-35)62-38-30-37(31-38)61-28-25-54-23-21-53(22-24-54)20-8-7-9-27-60-36-16-18-41-42(32-36)49(59)55(48(41)58)45(13-10-26-56)47(57)50-3;1-4(2)5-3;1-2/h5,11-12,14-19,26,29,32-33,37-38,45,52H,2,4,6-10,13,20-25,27-28,30-31H2,1,3H3,(H,50,57);4-5H,1-3H3;1-2H3/b39-12-,43-11+;;. The summed E-state index contributed by atoms with van der Waals surface area (Å²) in [6.45, 7) is 24.1. The fraction of sp³-hybridized carbons (Fsp3) is 0.509. The van der Waals surface area contributed by atoms with Crippen LogP contribution in [0.4, 0.5) is 0 Å². The van der Waals surface area contributed by atoms with E-state index in [0.717, 1.165) is 132 Å². The van der Waals surface area contributed by atoms with Gasteiger partial charge >= 0.3 is 0 Å². The molecule has 4 aromatic rings. The second-order valence-electron chi connectivity index (χ2n) is 17.8. The molecule has 69 heavy (non-hydrogen) atoms. The van der Waals surface area contributed by atoms with Gasteiger partial charge in [0.05, 0.1) is 30.4 Å². The van der Waals surface area contributed by atoms with Crippen LogP contribution in [-0.4, -0.2) is 139 Å². The van der Waals surface area contributed by atoms with Crippen molar-refractivity contribution in [1.29, 1.82) is 0 Å². The van der Waals surface area contributed by atoms with Crippen LogP contribution in [0.15, 0.2) is 67.4 Å². The van der Waals surface area contributed by atoms with Crippen LogP contribution < -0.4 is 25.4 Å². The van der Waals surface area contributed by atoms with Gasteiger partial charge in [-0.15, -0.1) is 8.58 Å². The Morgan fingerprint density at radius 1 is 0.913 bits per heavy atom. The van der Waals surface area contributed by atoms with E-state index >= 15 is 0 Å². The minimum atomic E-state index is -1.04. The first-order valence-corrected chi connectivity index (χ1v) is 26.8. The molecule has 0 bridgehead atoms. The Bertz CT molecular complexity index is 2410. The molecular weight excluding hydrogens is 888 g/mol. The number of aromatic amines is 1. The van der Waals surface area contributed by atoms with Crippen LogP contribution in [-0.2, 0) is 14.3 Å². The minimum absolute atomic E-state index is 0.0620. The fourth-order valence-electron chi connectivity index (χ4n) is 8.49. The Morgan fingerprint density at radius 3 is 2.28 bits per heavy atom. The molecule has 0 spiro atoms. The first kappa shape index (κ1) is 54.7. The smallest absolute Gasteiger partial charge is 0.262 e. The van der Waals surface area contributed by atoms with Gasteiger partial charge in [0.15, 0.2) is 0 Å². The number of H-pyrrole nitrogens is 1. The third-order valence-electron chi connectivity index (χ3n) is 12.7. The number of carbonyl (C=O) groups is 4. The first-order chi connectivity index (χ1) is 33.6. The van der Waals surface area contributed by atoms with Crippen molar-refractivity contribution in [3.63, 3.8) is 0 Å². The Labute approximate surface area is 411 Å². The number of pyridine rings is 1. The third kappa shape index (κ3) is 15.4. The van der Waals surface area contributed by atoms with E-state index in [0.29, 0.717) is 24.5 Å². The number of allylic oxidation sites excluding steroid dienone is 1. The largest absolute Gasteiger partial charge is 0.494 e. The van der Waals surface area contributed by atoms with Crippen molar-refractivity contribution in [3.8, 4) is 22.8 Å². The van der Waals surface area contributed by atoms with Gasteiger partial charge in [0.2, 0.25) is 11.8 Å². The maximum absolute atomic E-state index is 13.2. The molecule has 2 aromatic carbocycles. The lowest BCUT2D eigenvalue weighted by Crippen LogP contribution is -2.48. The molecular formula is C55H77N6O7P. The fourth-order valence-corrected chi connectivity index (χ4v) is 8.49. The maximum Gasteiger partial charge on any atom is 0.262 e. The Kier molecular flexibility index (Phi) is 22.6. The number of aldehydes is 1. The van der Waals surface area contributed by atoms with Crippen molar-refractivity contribution < 1.29 is 33.4 Å². The van der Waals surface area contributed by atoms with Crippen molar-refractivity contribution >= 4 is 55.6 Å². The van der Waals surface area contributed by atoms with Gasteiger partial charge in [0.1, 0.15) is 24.2 Å². The van der Waals surface area contributed by atoms with Gasteiger partial charge in [-0.25, -0.2) is 4.98 Å². The molecule has 374 valence electrons. The monoisotopic (exact) mass is 965 g/mol. The van der Waals surface area contributed by atoms with Gasteiger partial charge in [0.25, 0.3) is 11.8 Å². The molecule has 13 nitrogen and oxygen atoms in total. The number of imide groups is 1. The number of nitrogens with zero attached hydrogens (tertiary/aromatic N) is 4. The molecule has 2 aromatic heterocycles. The van der Waals surface area contributed by atoms with E-state index in [9.17, 15) is 19.2 Å². The van der Waals surface area contributed by atoms with E-state index in [1.54, 1.807) is 18.2 Å². The van der Waals surface area contributed by atoms with Crippen molar-refractivity contribution in [2.24, 2.45) is 0 Å². The van der Waals surface area contributed by atoms with E-state index in [2.05, 4.69) is 89.4 Å². The molecule has 2 N–H and O–H groups in total. The number of fused-ring (bicyclic) bond motifs is 2. The summed E-state index contributed by atoms with van der Waals surface area (Å²) in [5, 5.41) is 6.03. The molecule has 2 atom stereocenters. The van der Waals surface area contributed by atoms with Crippen LogP contribution in [0.3, 0.4) is 0 Å². The number of nitrogens with one attached hydrogen (secondary N) is 2. The third-order valence-corrected chi connectivity index (χ3v) is 13.9. The number of benzene rings is 2. The lowest BCUT2D eigenvalue weighted by Gasteiger charge is -2.37. The Balaban J connectivity index is 0.00000119. The number of amides is 3. The summed E-state index contributed by atoms with van der Waals surface area (Å²) in [7, 11) is 2.55. The van der Waals surface area contributed by atoms with E-state index in [1.807, 2.05) is 38.3 Å². The summed E-state index contributed by atoms with van der Waals surface area (Å²) in [4.78, 5) is 63.7. The molecule has 2 aliphatic heterocycles. The van der Waals surface area contributed by atoms with Gasteiger partial charge in [-0.3, -0.25) is 24.2 Å². The summed E-state index contributed by atoms with van der Waals surface area (Å²) >= 11 is 0. The maximum atomic E-state index is 13.2. The number of likely N-dealkylation sites (N-methyl/N-ethyl adjacent to an activating group) is 1. The molecule has 2 fully saturated rings. The van der Waals surface area contributed by atoms with Crippen LogP contribution in [0.1, 0.15) is 113 Å². The molecule has 1 saturated heterocycles. The minimum Gasteiger partial charge on any atom is -0.494 e. The van der Waals surface area contributed by atoms with E-state index in [1.165, 1.54) is 17.7 Å². The number of piperazine rings is 1.